The minimum absolute atomic E-state index is 0.0586. The van der Waals surface area contributed by atoms with Gasteiger partial charge in [-0.15, -0.1) is 11.3 Å². The van der Waals surface area contributed by atoms with E-state index in [4.69, 9.17) is 5.11 Å². The van der Waals surface area contributed by atoms with Crippen molar-refractivity contribution in [1.29, 1.82) is 0 Å². The van der Waals surface area contributed by atoms with Crippen molar-refractivity contribution in [2.45, 2.75) is 26.7 Å². The molecule has 1 N–H and O–H groups in total. The first kappa shape index (κ1) is 16.4. The van der Waals surface area contributed by atoms with Gasteiger partial charge in [-0.25, -0.2) is 4.98 Å². The molecule has 0 amide bonds. The van der Waals surface area contributed by atoms with E-state index in [9.17, 15) is 9.59 Å². The van der Waals surface area contributed by atoms with Gasteiger partial charge >= 0.3 is 5.97 Å². The van der Waals surface area contributed by atoms with Gasteiger partial charge in [-0.05, 0) is 5.92 Å². The fourth-order valence-electron chi connectivity index (χ4n) is 2.23. The summed E-state index contributed by atoms with van der Waals surface area (Å²) in [5.41, 5.74) is 1.73. The number of aromatic nitrogens is 1. The summed E-state index contributed by atoms with van der Waals surface area (Å²) < 4.78 is 0. The molecule has 1 heterocycles. The highest BCUT2D eigenvalue weighted by molar-refractivity contribution is 7.13. The highest BCUT2D eigenvalue weighted by atomic mass is 32.1. The average molecular weight is 317 g/mol. The van der Waals surface area contributed by atoms with Gasteiger partial charge in [0.15, 0.2) is 0 Å². The highest BCUT2D eigenvalue weighted by Gasteiger charge is 2.24. The van der Waals surface area contributed by atoms with Crippen LogP contribution in [-0.4, -0.2) is 21.8 Å². The number of ketones is 1. The number of rotatable bonds is 7. The SMILES string of the molecule is CC(C)[C@H](CC(=O)Cc1csc(-c2ccccc2)n1)C(=O)O. The lowest BCUT2D eigenvalue weighted by Crippen LogP contribution is -2.23. The number of aliphatic carboxylic acids is 1. The average Bonchev–Trinajstić information content (AvgIpc) is 2.93. The summed E-state index contributed by atoms with van der Waals surface area (Å²) in [6.07, 6.45) is 0.255. The maximum Gasteiger partial charge on any atom is 0.307 e. The molecule has 0 saturated heterocycles. The molecule has 1 aromatic carbocycles. The van der Waals surface area contributed by atoms with E-state index in [-0.39, 0.29) is 24.5 Å². The molecule has 22 heavy (non-hydrogen) atoms. The topological polar surface area (TPSA) is 67.3 Å². The zero-order valence-electron chi connectivity index (χ0n) is 12.7. The summed E-state index contributed by atoms with van der Waals surface area (Å²) in [5.74, 6) is -1.67. The van der Waals surface area contributed by atoms with Crippen LogP contribution in [0, 0.1) is 11.8 Å². The maximum atomic E-state index is 12.1. The number of carboxylic acid groups (broad SMARTS) is 1. The predicted molar refractivity (Wildman–Crippen MR) is 86.8 cm³/mol. The molecule has 0 spiro atoms. The first-order valence-corrected chi connectivity index (χ1v) is 8.09. The van der Waals surface area contributed by atoms with E-state index in [1.54, 1.807) is 0 Å². The van der Waals surface area contributed by atoms with Gasteiger partial charge in [0.2, 0.25) is 0 Å². The van der Waals surface area contributed by atoms with Crippen LogP contribution in [0.3, 0.4) is 0 Å². The van der Waals surface area contributed by atoms with Gasteiger partial charge in [0.1, 0.15) is 10.8 Å². The Morgan fingerprint density at radius 1 is 1.23 bits per heavy atom. The van der Waals surface area contributed by atoms with Gasteiger partial charge in [0.05, 0.1) is 11.6 Å². The molecule has 5 heteroatoms. The second-order valence-corrected chi connectivity index (χ2v) is 6.48. The number of hydrogen-bond donors (Lipinski definition) is 1. The van der Waals surface area contributed by atoms with Gasteiger partial charge in [-0.1, -0.05) is 44.2 Å². The summed E-state index contributed by atoms with van der Waals surface area (Å²) in [4.78, 5) is 27.7. The third-order valence-corrected chi connectivity index (χ3v) is 4.46. The number of carbonyl (C=O) groups excluding carboxylic acids is 1. The van der Waals surface area contributed by atoms with Crippen molar-refractivity contribution in [2.75, 3.05) is 0 Å². The van der Waals surface area contributed by atoms with Gasteiger partial charge in [0, 0.05) is 23.8 Å². The van der Waals surface area contributed by atoms with Gasteiger partial charge in [-0.2, -0.15) is 0 Å². The number of carbonyl (C=O) groups is 2. The van der Waals surface area contributed by atoms with Crippen molar-refractivity contribution in [1.82, 2.24) is 4.98 Å². The van der Waals surface area contributed by atoms with Gasteiger partial charge in [-0.3, -0.25) is 9.59 Å². The Balaban J connectivity index is 2.01. The van der Waals surface area contributed by atoms with Crippen molar-refractivity contribution in [3.63, 3.8) is 0 Å². The minimum Gasteiger partial charge on any atom is -0.481 e. The molecule has 0 aliphatic rings. The molecule has 0 aliphatic heterocycles. The Labute approximate surface area is 133 Å². The first-order valence-electron chi connectivity index (χ1n) is 7.21. The van der Waals surface area contributed by atoms with Crippen molar-refractivity contribution < 1.29 is 14.7 Å². The Morgan fingerprint density at radius 2 is 1.91 bits per heavy atom. The van der Waals surface area contributed by atoms with E-state index < -0.39 is 11.9 Å². The van der Waals surface area contributed by atoms with Crippen molar-refractivity contribution in [3.8, 4) is 10.6 Å². The summed E-state index contributed by atoms with van der Waals surface area (Å²) in [7, 11) is 0. The molecule has 0 bridgehead atoms. The number of carboxylic acids is 1. The molecular weight excluding hydrogens is 298 g/mol. The van der Waals surface area contributed by atoms with Gasteiger partial charge in [0.25, 0.3) is 0 Å². The monoisotopic (exact) mass is 317 g/mol. The van der Waals surface area contributed by atoms with Crippen LogP contribution in [0.4, 0.5) is 0 Å². The third-order valence-electron chi connectivity index (χ3n) is 3.52. The largest absolute Gasteiger partial charge is 0.481 e. The molecule has 4 nitrogen and oxygen atoms in total. The van der Waals surface area contributed by atoms with Crippen LogP contribution in [0.15, 0.2) is 35.7 Å². The number of thiazole rings is 1. The lowest BCUT2D eigenvalue weighted by Gasteiger charge is -2.14. The Hall–Kier alpha value is -2.01. The molecule has 2 aromatic rings. The van der Waals surface area contributed by atoms with Crippen molar-refractivity contribution in [2.24, 2.45) is 11.8 Å². The second kappa shape index (κ2) is 7.31. The summed E-state index contributed by atoms with van der Waals surface area (Å²) in [6.45, 7) is 3.64. The lowest BCUT2D eigenvalue weighted by atomic mass is 9.90. The highest BCUT2D eigenvalue weighted by Crippen LogP contribution is 2.24. The smallest absolute Gasteiger partial charge is 0.307 e. The van der Waals surface area contributed by atoms with Crippen LogP contribution >= 0.6 is 11.3 Å². The Bertz CT molecular complexity index is 649. The minimum atomic E-state index is -0.911. The molecule has 0 fully saturated rings. The maximum absolute atomic E-state index is 12.1. The van der Waals surface area contributed by atoms with E-state index in [1.165, 1.54) is 11.3 Å². The van der Waals surface area contributed by atoms with Crippen molar-refractivity contribution in [3.05, 3.63) is 41.4 Å². The van der Waals surface area contributed by atoms with E-state index in [0.717, 1.165) is 10.6 Å². The molecule has 0 radical (unpaired) electrons. The summed E-state index contributed by atoms with van der Waals surface area (Å²) in [5, 5.41) is 11.9. The Morgan fingerprint density at radius 3 is 2.50 bits per heavy atom. The predicted octanol–water partition coefficient (Wildman–Crippen LogP) is 3.67. The van der Waals surface area contributed by atoms with Crippen LogP contribution in [-0.2, 0) is 16.0 Å². The molecule has 2 rings (SSSR count). The molecule has 1 atom stereocenters. The number of hydrogen-bond acceptors (Lipinski definition) is 4. The van der Waals surface area contributed by atoms with E-state index in [0.29, 0.717) is 5.69 Å². The van der Waals surface area contributed by atoms with Crippen molar-refractivity contribution >= 4 is 23.1 Å². The van der Waals surface area contributed by atoms with Crippen LogP contribution in [0.5, 0.6) is 0 Å². The van der Waals surface area contributed by atoms with Crippen LogP contribution < -0.4 is 0 Å². The van der Waals surface area contributed by atoms with Crippen LogP contribution in [0.2, 0.25) is 0 Å². The van der Waals surface area contributed by atoms with E-state index in [1.807, 2.05) is 49.6 Å². The standard InChI is InChI=1S/C17H19NO3S/c1-11(2)15(17(20)21)9-14(19)8-13-10-22-16(18-13)12-6-4-3-5-7-12/h3-7,10-11,15H,8-9H2,1-2H3,(H,20,21)/t15-/m0/s1. The van der Waals surface area contributed by atoms with Crippen LogP contribution in [0.25, 0.3) is 10.6 Å². The van der Waals surface area contributed by atoms with Gasteiger partial charge < -0.3 is 5.11 Å². The number of nitrogens with zero attached hydrogens (tertiary/aromatic N) is 1. The number of Topliss-reactive ketones (excluding diaryl/α,β-unsaturated/α-hetero) is 1. The van der Waals surface area contributed by atoms with E-state index >= 15 is 0 Å². The fourth-order valence-corrected chi connectivity index (χ4v) is 3.05. The van der Waals surface area contributed by atoms with E-state index in [2.05, 4.69) is 4.98 Å². The lowest BCUT2D eigenvalue weighted by molar-refractivity contribution is -0.145. The Kier molecular flexibility index (Phi) is 5.44. The quantitative estimate of drug-likeness (QED) is 0.846. The second-order valence-electron chi connectivity index (χ2n) is 5.62. The molecule has 1 aromatic heterocycles. The zero-order valence-corrected chi connectivity index (χ0v) is 13.5. The molecule has 116 valence electrons. The zero-order chi connectivity index (χ0) is 16.1. The summed E-state index contributed by atoms with van der Waals surface area (Å²) >= 11 is 1.50. The third kappa shape index (κ3) is 4.24. The first-order chi connectivity index (χ1) is 10.5. The molecule has 0 aliphatic carbocycles. The molecule has 0 saturated carbocycles. The van der Waals surface area contributed by atoms with Crippen LogP contribution in [0.1, 0.15) is 26.0 Å². The summed E-state index contributed by atoms with van der Waals surface area (Å²) in [6, 6.07) is 9.79. The normalized spacial score (nSPS) is 12.3. The molecule has 0 unspecified atom stereocenters. The molecular formula is C17H19NO3S. The number of benzene rings is 1. The fraction of sp³-hybridized carbons (Fsp3) is 0.353.